The van der Waals surface area contributed by atoms with Gasteiger partial charge in [0, 0.05) is 23.8 Å². The number of halogens is 2. The zero-order chi connectivity index (χ0) is 13.5. The van der Waals surface area contributed by atoms with Crippen molar-refractivity contribution in [3.63, 3.8) is 0 Å². The minimum atomic E-state index is -3.69. The van der Waals surface area contributed by atoms with Gasteiger partial charge in [-0.15, -0.1) is 0 Å². The van der Waals surface area contributed by atoms with Crippen LogP contribution in [0.5, 0.6) is 0 Å². The van der Waals surface area contributed by atoms with E-state index in [2.05, 4.69) is 15.9 Å². The van der Waals surface area contributed by atoms with E-state index in [9.17, 15) is 13.5 Å². The molecular formula is C10H12BrClN2O3S. The first-order valence-electron chi connectivity index (χ1n) is 5.25. The van der Waals surface area contributed by atoms with Gasteiger partial charge in [0.05, 0.1) is 15.5 Å². The molecule has 1 heterocycles. The lowest BCUT2D eigenvalue weighted by Crippen LogP contribution is -2.30. The van der Waals surface area contributed by atoms with Crippen LogP contribution >= 0.6 is 27.5 Å². The third-order valence-corrected chi connectivity index (χ3v) is 6.03. The summed E-state index contributed by atoms with van der Waals surface area (Å²) in [7, 11) is -3.69. The Morgan fingerprint density at radius 3 is 2.72 bits per heavy atom. The summed E-state index contributed by atoms with van der Waals surface area (Å²) in [4.78, 5) is 0.0293. The lowest BCUT2D eigenvalue weighted by molar-refractivity contribution is 0.189. The van der Waals surface area contributed by atoms with Gasteiger partial charge in [-0.1, -0.05) is 11.6 Å². The zero-order valence-electron chi connectivity index (χ0n) is 9.31. The summed E-state index contributed by atoms with van der Waals surface area (Å²) in [5.74, 6) is 0. The van der Waals surface area contributed by atoms with E-state index in [-0.39, 0.29) is 22.2 Å². The van der Waals surface area contributed by atoms with E-state index < -0.39 is 16.1 Å². The smallest absolute Gasteiger partial charge is 0.244 e. The highest BCUT2D eigenvalue weighted by Gasteiger charge is 2.33. The highest BCUT2D eigenvalue weighted by Crippen LogP contribution is 2.34. The molecular weight excluding hydrogens is 344 g/mol. The average Bonchev–Trinajstić information content (AvgIpc) is 2.70. The van der Waals surface area contributed by atoms with Crippen LogP contribution in [-0.2, 0) is 10.0 Å². The van der Waals surface area contributed by atoms with Gasteiger partial charge < -0.3 is 10.8 Å². The molecule has 3 N–H and O–H groups in total. The Kier molecular flexibility index (Phi) is 3.89. The zero-order valence-corrected chi connectivity index (χ0v) is 12.5. The Labute approximate surface area is 119 Å². The van der Waals surface area contributed by atoms with Crippen LogP contribution in [-0.4, -0.2) is 37.0 Å². The van der Waals surface area contributed by atoms with Crippen LogP contribution in [0.4, 0.5) is 5.69 Å². The van der Waals surface area contributed by atoms with Crippen molar-refractivity contribution in [1.82, 2.24) is 4.31 Å². The molecule has 1 fully saturated rings. The topological polar surface area (TPSA) is 83.6 Å². The molecule has 0 amide bonds. The second-order valence-corrected chi connectivity index (χ2v) is 7.25. The minimum absolute atomic E-state index is 0.0293. The molecule has 5 nitrogen and oxygen atoms in total. The number of hydrogen-bond acceptors (Lipinski definition) is 4. The second kappa shape index (κ2) is 4.97. The summed E-state index contributed by atoms with van der Waals surface area (Å²) >= 11 is 8.99. The predicted octanol–water partition coefficient (Wildman–Crippen LogP) is 1.44. The van der Waals surface area contributed by atoms with Crippen molar-refractivity contribution >= 4 is 43.2 Å². The molecule has 0 spiro atoms. The van der Waals surface area contributed by atoms with E-state index in [0.29, 0.717) is 17.4 Å². The molecule has 1 saturated heterocycles. The molecule has 0 aliphatic carbocycles. The first-order chi connectivity index (χ1) is 8.32. The number of benzene rings is 1. The molecule has 0 saturated carbocycles. The van der Waals surface area contributed by atoms with Gasteiger partial charge in [-0.2, -0.15) is 4.31 Å². The molecule has 1 aromatic carbocycles. The Balaban J connectivity index is 2.48. The minimum Gasteiger partial charge on any atom is -0.398 e. The maximum atomic E-state index is 12.4. The van der Waals surface area contributed by atoms with Crippen LogP contribution < -0.4 is 5.73 Å². The van der Waals surface area contributed by atoms with E-state index in [4.69, 9.17) is 17.3 Å². The van der Waals surface area contributed by atoms with E-state index in [1.807, 2.05) is 0 Å². The summed E-state index contributed by atoms with van der Waals surface area (Å²) in [5, 5.41) is 9.68. The number of aliphatic hydroxyl groups is 1. The summed E-state index contributed by atoms with van der Waals surface area (Å²) in [6, 6.07) is 2.82. The number of nitrogen functional groups attached to an aromatic ring is 1. The average molecular weight is 356 g/mol. The predicted molar refractivity (Wildman–Crippen MR) is 72.9 cm³/mol. The first kappa shape index (κ1) is 14.1. The van der Waals surface area contributed by atoms with Crippen molar-refractivity contribution in [2.75, 3.05) is 18.8 Å². The largest absolute Gasteiger partial charge is 0.398 e. The normalized spacial score (nSPS) is 21.4. The molecule has 0 radical (unpaired) electrons. The van der Waals surface area contributed by atoms with Crippen LogP contribution in [0.2, 0.25) is 5.02 Å². The number of anilines is 1. The number of sulfonamides is 1. The van der Waals surface area contributed by atoms with Crippen molar-refractivity contribution < 1.29 is 13.5 Å². The standard InChI is InChI=1S/C10H12BrClN2O3S/c11-10-8(13)3-6(12)4-9(10)18(16,17)14-2-1-7(15)5-14/h3-4,7,15H,1-2,5,13H2/t7-/m1/s1. The SMILES string of the molecule is Nc1cc(Cl)cc(S(=O)(=O)N2CC[C@@H](O)C2)c1Br. The first-order valence-corrected chi connectivity index (χ1v) is 7.86. The van der Waals surface area contributed by atoms with Crippen LogP contribution in [0.25, 0.3) is 0 Å². The van der Waals surface area contributed by atoms with Crippen molar-refractivity contribution in [1.29, 1.82) is 0 Å². The molecule has 18 heavy (non-hydrogen) atoms. The number of β-amino-alcohol motifs (C(OH)–C–C–N with tert-alkyl or cyclic N) is 1. The van der Waals surface area contributed by atoms with Gasteiger partial charge in [0.15, 0.2) is 0 Å². The fourth-order valence-corrected chi connectivity index (χ4v) is 4.59. The molecule has 1 aliphatic heterocycles. The fraction of sp³-hybridized carbons (Fsp3) is 0.400. The Morgan fingerprint density at radius 1 is 1.50 bits per heavy atom. The van der Waals surface area contributed by atoms with Gasteiger partial charge in [-0.3, -0.25) is 0 Å². The quantitative estimate of drug-likeness (QED) is 0.786. The number of nitrogens with two attached hydrogens (primary N) is 1. The molecule has 1 aliphatic rings. The lowest BCUT2D eigenvalue weighted by atomic mass is 10.3. The molecule has 2 rings (SSSR count). The van der Waals surface area contributed by atoms with Gasteiger partial charge >= 0.3 is 0 Å². The highest BCUT2D eigenvalue weighted by molar-refractivity contribution is 9.10. The number of rotatable bonds is 2. The Hall–Kier alpha value is -0.340. The van der Waals surface area contributed by atoms with Gasteiger partial charge in [0.25, 0.3) is 0 Å². The molecule has 8 heteroatoms. The number of aliphatic hydroxyl groups excluding tert-OH is 1. The maximum absolute atomic E-state index is 12.4. The van der Waals surface area contributed by atoms with E-state index in [1.165, 1.54) is 16.4 Å². The van der Waals surface area contributed by atoms with Crippen molar-refractivity contribution in [3.05, 3.63) is 21.6 Å². The highest BCUT2D eigenvalue weighted by atomic mass is 79.9. The van der Waals surface area contributed by atoms with Crippen LogP contribution in [0.1, 0.15) is 6.42 Å². The summed E-state index contributed by atoms with van der Waals surface area (Å²) in [6.07, 6.45) is -0.178. The lowest BCUT2D eigenvalue weighted by Gasteiger charge is -2.17. The summed E-state index contributed by atoms with van der Waals surface area (Å²) in [5.41, 5.74) is 5.95. The van der Waals surface area contributed by atoms with Gasteiger partial charge in [0.1, 0.15) is 0 Å². The van der Waals surface area contributed by atoms with Crippen LogP contribution in [0.15, 0.2) is 21.5 Å². The van der Waals surface area contributed by atoms with Crippen molar-refractivity contribution in [2.45, 2.75) is 17.4 Å². The molecule has 1 aromatic rings. The van der Waals surface area contributed by atoms with E-state index >= 15 is 0 Å². The third-order valence-electron chi connectivity index (χ3n) is 2.78. The fourth-order valence-electron chi connectivity index (χ4n) is 1.84. The monoisotopic (exact) mass is 354 g/mol. The van der Waals surface area contributed by atoms with Crippen molar-refractivity contribution in [2.24, 2.45) is 0 Å². The molecule has 0 unspecified atom stereocenters. The summed E-state index contributed by atoms with van der Waals surface area (Å²) < 4.78 is 26.3. The van der Waals surface area contributed by atoms with Crippen LogP contribution in [0, 0.1) is 0 Å². The van der Waals surface area contributed by atoms with Crippen LogP contribution in [0.3, 0.4) is 0 Å². The number of hydrogen-bond donors (Lipinski definition) is 2. The molecule has 1 atom stereocenters. The second-order valence-electron chi connectivity index (χ2n) is 4.11. The Morgan fingerprint density at radius 2 is 2.17 bits per heavy atom. The molecule has 100 valence electrons. The maximum Gasteiger partial charge on any atom is 0.244 e. The molecule has 0 bridgehead atoms. The van der Waals surface area contributed by atoms with E-state index in [0.717, 1.165) is 0 Å². The van der Waals surface area contributed by atoms with Crippen molar-refractivity contribution in [3.8, 4) is 0 Å². The summed E-state index contributed by atoms with van der Waals surface area (Å²) in [6.45, 7) is 0.392. The number of nitrogens with zero attached hydrogens (tertiary/aromatic N) is 1. The Bertz CT molecular complexity index is 579. The van der Waals surface area contributed by atoms with Gasteiger partial charge in [-0.05, 0) is 34.5 Å². The molecule has 0 aromatic heterocycles. The van der Waals surface area contributed by atoms with Gasteiger partial charge in [0.2, 0.25) is 10.0 Å². The third kappa shape index (κ3) is 2.50. The van der Waals surface area contributed by atoms with E-state index in [1.54, 1.807) is 0 Å². The van der Waals surface area contributed by atoms with Gasteiger partial charge in [-0.25, -0.2) is 8.42 Å².